The number of para-hydroxylation sites is 1. The number of fused-ring (bicyclic) bond motifs is 2. The van der Waals surface area contributed by atoms with Crippen molar-refractivity contribution in [1.82, 2.24) is 0 Å². The minimum atomic E-state index is -0.294. The predicted molar refractivity (Wildman–Crippen MR) is 161 cm³/mol. The third kappa shape index (κ3) is 7.47. The number of carbonyl (C=O) groups is 1. The second kappa shape index (κ2) is 13.4. The first-order valence-corrected chi connectivity index (χ1v) is 13.9. The van der Waals surface area contributed by atoms with Gasteiger partial charge in [0.05, 0.1) is 16.9 Å². The Morgan fingerprint density at radius 3 is 2.21 bits per heavy atom. The van der Waals surface area contributed by atoms with Crippen molar-refractivity contribution in [2.45, 2.75) is 73.6 Å². The fourth-order valence-electron chi connectivity index (χ4n) is 4.82. The van der Waals surface area contributed by atoms with Gasteiger partial charge in [0.25, 0.3) is 5.91 Å². The zero-order chi connectivity index (χ0) is 28.7. The fraction of sp³-hybridized carbons (Fsp3) is 0.424. The molecule has 1 heterocycles. The first-order valence-electron chi connectivity index (χ1n) is 13.9. The highest BCUT2D eigenvalue weighted by atomic mass is 16.3. The van der Waals surface area contributed by atoms with Gasteiger partial charge in [0.15, 0.2) is 0 Å². The smallest absolute Gasteiger partial charge is 0.260 e. The molecule has 6 heteroatoms. The molecule has 0 aliphatic carbocycles. The van der Waals surface area contributed by atoms with E-state index in [-0.39, 0.29) is 35.6 Å². The summed E-state index contributed by atoms with van der Waals surface area (Å²) >= 11 is 0. The number of anilines is 3. The van der Waals surface area contributed by atoms with Crippen LogP contribution >= 0.6 is 0 Å². The molecule has 0 fully saturated rings. The van der Waals surface area contributed by atoms with Gasteiger partial charge in [-0.1, -0.05) is 61.3 Å². The molecule has 3 rings (SSSR count). The van der Waals surface area contributed by atoms with E-state index in [1.54, 1.807) is 23.1 Å². The van der Waals surface area contributed by atoms with Crippen molar-refractivity contribution in [3.63, 3.8) is 0 Å². The van der Waals surface area contributed by atoms with E-state index in [1.807, 2.05) is 11.0 Å². The van der Waals surface area contributed by atoms with E-state index in [0.717, 1.165) is 37.7 Å². The quantitative estimate of drug-likeness (QED) is 0.253. The van der Waals surface area contributed by atoms with Crippen LogP contribution in [-0.4, -0.2) is 34.3 Å². The highest BCUT2D eigenvalue weighted by Crippen LogP contribution is 2.50. The molecule has 0 aromatic heterocycles. The van der Waals surface area contributed by atoms with Crippen LogP contribution in [-0.2, 0) is 0 Å². The average Bonchev–Trinajstić information content (AvgIpc) is 2.96. The normalized spacial score (nSPS) is 14.6. The fourth-order valence-corrected chi connectivity index (χ4v) is 4.82. The van der Waals surface area contributed by atoms with Crippen LogP contribution in [0, 0.1) is 5.92 Å². The lowest BCUT2D eigenvalue weighted by Crippen LogP contribution is -2.30. The Morgan fingerprint density at radius 1 is 0.872 bits per heavy atom. The van der Waals surface area contributed by atoms with Gasteiger partial charge >= 0.3 is 0 Å². The number of phenols is 3. The van der Waals surface area contributed by atoms with Gasteiger partial charge in [-0.15, -0.1) is 0 Å². The Morgan fingerprint density at radius 2 is 1.54 bits per heavy atom. The van der Waals surface area contributed by atoms with Crippen molar-refractivity contribution in [3.05, 3.63) is 70.8 Å². The standard InChI is InChI=1S/C33H44N2O4/c1-7-23(4)21-35-31-27(15-10-16-29(31)37)33(39)34(28-19-26(36)20-30(38)32(28)35)18-17-25(6)14-9-13-24(5)12-8-11-22(2)3/h10-11,13,15-17,19-20,23,36-38H,7-9,12,14,18,21H2,1-6H3. The third-order valence-corrected chi connectivity index (χ3v) is 7.31. The topological polar surface area (TPSA) is 84.2 Å². The molecule has 0 radical (unpaired) electrons. The van der Waals surface area contributed by atoms with Gasteiger partial charge in [-0.2, -0.15) is 0 Å². The number of phenolic OH excluding ortho intramolecular Hbond substituents is 3. The third-order valence-electron chi connectivity index (χ3n) is 7.31. The first-order chi connectivity index (χ1) is 18.5. The van der Waals surface area contributed by atoms with E-state index in [1.165, 1.54) is 23.3 Å². The summed E-state index contributed by atoms with van der Waals surface area (Å²) in [5.41, 5.74) is 5.42. The molecule has 39 heavy (non-hydrogen) atoms. The number of allylic oxidation sites excluding steroid dienone is 5. The summed E-state index contributed by atoms with van der Waals surface area (Å²) in [5.74, 6) is -0.365. The Hall–Kier alpha value is -3.67. The molecular formula is C33H44N2O4. The zero-order valence-electron chi connectivity index (χ0n) is 24.3. The lowest BCUT2D eigenvalue weighted by atomic mass is 10.0. The highest BCUT2D eigenvalue weighted by molar-refractivity contribution is 6.15. The van der Waals surface area contributed by atoms with Gasteiger partial charge in [0.1, 0.15) is 22.9 Å². The molecule has 1 aliphatic rings. The Kier molecular flexibility index (Phi) is 10.3. The van der Waals surface area contributed by atoms with Crippen molar-refractivity contribution in [2.24, 2.45) is 5.92 Å². The average molecular weight is 533 g/mol. The van der Waals surface area contributed by atoms with Crippen LogP contribution in [0.25, 0.3) is 0 Å². The lowest BCUT2D eigenvalue weighted by Gasteiger charge is -2.30. The van der Waals surface area contributed by atoms with Crippen LogP contribution in [0.1, 0.15) is 84.0 Å². The van der Waals surface area contributed by atoms with Crippen molar-refractivity contribution < 1.29 is 20.1 Å². The number of benzene rings is 2. The maximum Gasteiger partial charge on any atom is 0.260 e. The van der Waals surface area contributed by atoms with Crippen LogP contribution in [0.4, 0.5) is 17.1 Å². The van der Waals surface area contributed by atoms with Gasteiger partial charge in [0.2, 0.25) is 0 Å². The minimum Gasteiger partial charge on any atom is -0.508 e. The van der Waals surface area contributed by atoms with Crippen LogP contribution in [0.15, 0.2) is 65.3 Å². The molecule has 2 aromatic rings. The molecule has 210 valence electrons. The number of aromatic hydroxyl groups is 3. The van der Waals surface area contributed by atoms with Crippen LogP contribution in [0.5, 0.6) is 17.2 Å². The maximum absolute atomic E-state index is 13.9. The number of rotatable bonds is 11. The Bertz CT molecular complexity index is 1270. The minimum absolute atomic E-state index is 0.0251. The number of amides is 1. The van der Waals surface area contributed by atoms with Crippen molar-refractivity contribution in [3.8, 4) is 17.2 Å². The monoisotopic (exact) mass is 532 g/mol. The number of hydrogen-bond acceptors (Lipinski definition) is 5. The first kappa shape index (κ1) is 29.9. The molecule has 1 unspecified atom stereocenters. The van der Waals surface area contributed by atoms with Gasteiger partial charge in [-0.05, 0) is 71.4 Å². The van der Waals surface area contributed by atoms with Crippen molar-refractivity contribution >= 4 is 23.0 Å². The van der Waals surface area contributed by atoms with Crippen molar-refractivity contribution in [1.29, 1.82) is 0 Å². The van der Waals surface area contributed by atoms with Crippen LogP contribution in [0.2, 0.25) is 0 Å². The summed E-state index contributed by atoms with van der Waals surface area (Å²) in [5, 5.41) is 32.3. The lowest BCUT2D eigenvalue weighted by molar-refractivity contribution is 0.0990. The molecule has 1 aliphatic heterocycles. The second-order valence-corrected chi connectivity index (χ2v) is 11.0. The van der Waals surface area contributed by atoms with Crippen LogP contribution in [0.3, 0.4) is 0 Å². The van der Waals surface area contributed by atoms with Gasteiger partial charge in [-0.3, -0.25) is 4.79 Å². The number of carbonyl (C=O) groups excluding carboxylic acids is 1. The molecule has 0 saturated carbocycles. The van der Waals surface area contributed by atoms with E-state index < -0.39 is 0 Å². The zero-order valence-corrected chi connectivity index (χ0v) is 24.3. The molecule has 0 spiro atoms. The summed E-state index contributed by atoms with van der Waals surface area (Å²) in [6.07, 6.45) is 11.4. The molecule has 1 amide bonds. The second-order valence-electron chi connectivity index (χ2n) is 11.0. The van der Waals surface area contributed by atoms with Gasteiger partial charge < -0.3 is 25.1 Å². The summed E-state index contributed by atoms with van der Waals surface area (Å²) in [4.78, 5) is 17.3. The molecule has 3 N–H and O–H groups in total. The molecule has 0 saturated heterocycles. The van der Waals surface area contributed by atoms with E-state index in [2.05, 4.69) is 53.7 Å². The molecule has 2 aromatic carbocycles. The molecular weight excluding hydrogens is 488 g/mol. The summed E-state index contributed by atoms with van der Waals surface area (Å²) in [7, 11) is 0. The predicted octanol–water partition coefficient (Wildman–Crippen LogP) is 8.37. The summed E-state index contributed by atoms with van der Waals surface area (Å²) in [6, 6.07) is 7.72. The van der Waals surface area contributed by atoms with Gasteiger partial charge in [-0.25, -0.2) is 0 Å². The van der Waals surface area contributed by atoms with E-state index in [9.17, 15) is 20.1 Å². The number of hydrogen-bond donors (Lipinski definition) is 3. The van der Waals surface area contributed by atoms with Crippen molar-refractivity contribution in [2.75, 3.05) is 22.9 Å². The van der Waals surface area contributed by atoms with Gasteiger partial charge in [0, 0.05) is 25.2 Å². The maximum atomic E-state index is 13.9. The van der Waals surface area contributed by atoms with E-state index in [4.69, 9.17) is 0 Å². The molecule has 1 atom stereocenters. The SMILES string of the molecule is CCC(C)CN1c2c(O)cccc2C(=O)N(CC=C(C)CCC=C(C)CCC=C(C)C)c2cc(O)cc(O)c21. The van der Waals surface area contributed by atoms with Crippen LogP contribution < -0.4 is 9.80 Å². The molecule has 6 nitrogen and oxygen atoms in total. The highest BCUT2D eigenvalue weighted by Gasteiger charge is 2.35. The summed E-state index contributed by atoms with van der Waals surface area (Å²) < 4.78 is 0. The van der Waals surface area contributed by atoms with E-state index in [0.29, 0.717) is 29.2 Å². The van der Waals surface area contributed by atoms with E-state index >= 15 is 0 Å². The molecule has 0 bridgehead atoms. The Balaban J connectivity index is 1.94. The number of nitrogens with zero attached hydrogens (tertiary/aromatic N) is 2. The largest absolute Gasteiger partial charge is 0.508 e. The Labute approximate surface area is 233 Å². The summed E-state index contributed by atoms with van der Waals surface area (Å²) in [6.45, 7) is 13.4.